The SMILES string of the molecule is O=C(/C=C/c1cccnc1)NCCC1C2CN(c3nc(C(F)(F)F)cs3)CC12. The number of piperidine rings is 1. The van der Waals surface area contributed by atoms with Gasteiger partial charge < -0.3 is 10.2 Å². The highest BCUT2D eigenvalue weighted by Crippen LogP contribution is 2.54. The van der Waals surface area contributed by atoms with Gasteiger partial charge in [-0.25, -0.2) is 4.98 Å². The second-order valence-electron chi connectivity index (χ2n) is 7.11. The lowest BCUT2D eigenvalue weighted by atomic mass is 10.2. The van der Waals surface area contributed by atoms with Gasteiger partial charge in [0.25, 0.3) is 0 Å². The van der Waals surface area contributed by atoms with Crippen molar-refractivity contribution in [2.24, 2.45) is 17.8 Å². The average Bonchev–Trinajstić information content (AvgIpc) is 3.08. The van der Waals surface area contributed by atoms with Crippen molar-refractivity contribution < 1.29 is 18.0 Å². The molecule has 2 unspecified atom stereocenters. The molecule has 0 aromatic carbocycles. The van der Waals surface area contributed by atoms with E-state index in [1.54, 1.807) is 18.5 Å². The van der Waals surface area contributed by atoms with E-state index in [0.717, 1.165) is 41.8 Å². The summed E-state index contributed by atoms with van der Waals surface area (Å²) >= 11 is 1.05. The van der Waals surface area contributed by atoms with Crippen LogP contribution in [0.2, 0.25) is 0 Å². The first-order valence-electron chi connectivity index (χ1n) is 9.05. The van der Waals surface area contributed by atoms with E-state index >= 15 is 0 Å². The zero-order valence-corrected chi connectivity index (χ0v) is 15.7. The summed E-state index contributed by atoms with van der Waals surface area (Å²) in [7, 11) is 0. The molecule has 2 aromatic heterocycles. The summed E-state index contributed by atoms with van der Waals surface area (Å²) < 4.78 is 38.0. The molecule has 1 saturated carbocycles. The minimum Gasteiger partial charge on any atom is -0.353 e. The molecule has 0 radical (unpaired) electrons. The minimum atomic E-state index is -4.39. The number of anilines is 1. The summed E-state index contributed by atoms with van der Waals surface area (Å²) in [5.74, 6) is 1.36. The van der Waals surface area contributed by atoms with E-state index in [1.165, 1.54) is 6.08 Å². The van der Waals surface area contributed by atoms with E-state index in [0.29, 0.717) is 29.4 Å². The third-order valence-corrected chi connectivity index (χ3v) is 6.21. The molecule has 3 heterocycles. The van der Waals surface area contributed by atoms with Crippen LogP contribution in [0.4, 0.5) is 18.3 Å². The third kappa shape index (κ3) is 4.19. The molecule has 2 atom stereocenters. The molecule has 1 aliphatic carbocycles. The maximum absolute atomic E-state index is 12.7. The van der Waals surface area contributed by atoms with E-state index in [4.69, 9.17) is 0 Å². The van der Waals surface area contributed by atoms with E-state index in [-0.39, 0.29) is 5.91 Å². The van der Waals surface area contributed by atoms with Crippen LogP contribution in [0.3, 0.4) is 0 Å². The molecule has 1 saturated heterocycles. The number of carbonyl (C=O) groups is 1. The van der Waals surface area contributed by atoms with Gasteiger partial charge in [0.05, 0.1) is 0 Å². The maximum Gasteiger partial charge on any atom is 0.434 e. The van der Waals surface area contributed by atoms with Crippen molar-refractivity contribution in [3.05, 3.63) is 47.2 Å². The first-order chi connectivity index (χ1) is 13.4. The molecule has 2 aromatic rings. The standard InChI is InChI=1S/C19H19F3N4OS/c20-19(21,22)16-11-28-18(25-16)26-9-14-13(15(14)10-26)5-7-24-17(27)4-3-12-2-1-6-23-8-12/h1-4,6,8,11,13-15H,5,7,9-10H2,(H,24,27)/b4-3+. The molecule has 5 nitrogen and oxygen atoms in total. The number of rotatable bonds is 6. The molecule has 28 heavy (non-hydrogen) atoms. The first kappa shape index (κ1) is 18.9. The fourth-order valence-corrected chi connectivity index (χ4v) is 4.69. The molecular weight excluding hydrogens is 389 g/mol. The van der Waals surface area contributed by atoms with Gasteiger partial charge in [-0.3, -0.25) is 9.78 Å². The summed E-state index contributed by atoms with van der Waals surface area (Å²) in [5, 5.41) is 4.41. The molecule has 0 spiro atoms. The predicted octanol–water partition coefficient (Wildman–Crippen LogP) is 3.46. The molecule has 1 N–H and O–H groups in total. The number of pyridine rings is 1. The van der Waals surface area contributed by atoms with Gasteiger partial charge in [-0.2, -0.15) is 13.2 Å². The topological polar surface area (TPSA) is 58.1 Å². The van der Waals surface area contributed by atoms with Crippen LogP contribution in [0.5, 0.6) is 0 Å². The Morgan fingerprint density at radius 3 is 2.79 bits per heavy atom. The molecular formula is C19H19F3N4OS. The monoisotopic (exact) mass is 408 g/mol. The van der Waals surface area contributed by atoms with Gasteiger partial charge in [0, 0.05) is 43.5 Å². The van der Waals surface area contributed by atoms with Crippen molar-refractivity contribution in [1.29, 1.82) is 0 Å². The number of amides is 1. The number of carbonyl (C=O) groups excluding carboxylic acids is 1. The lowest BCUT2D eigenvalue weighted by Crippen LogP contribution is -2.26. The van der Waals surface area contributed by atoms with Crippen molar-refractivity contribution in [3.63, 3.8) is 0 Å². The third-order valence-electron chi connectivity index (χ3n) is 5.31. The molecule has 1 amide bonds. The number of alkyl halides is 3. The highest BCUT2D eigenvalue weighted by Gasteiger charge is 2.55. The molecule has 148 valence electrons. The number of hydrogen-bond donors (Lipinski definition) is 1. The van der Waals surface area contributed by atoms with Gasteiger partial charge in [0.15, 0.2) is 10.8 Å². The second-order valence-corrected chi connectivity index (χ2v) is 7.95. The van der Waals surface area contributed by atoms with Gasteiger partial charge in [-0.1, -0.05) is 6.07 Å². The van der Waals surface area contributed by atoms with Gasteiger partial charge in [0.2, 0.25) is 5.91 Å². The summed E-state index contributed by atoms with van der Waals surface area (Å²) in [4.78, 5) is 21.5. The Kier molecular flexibility index (Phi) is 5.09. The van der Waals surface area contributed by atoms with Crippen LogP contribution in [0.25, 0.3) is 6.08 Å². The Morgan fingerprint density at radius 2 is 2.14 bits per heavy atom. The fourth-order valence-electron chi connectivity index (χ4n) is 3.84. The van der Waals surface area contributed by atoms with E-state index in [2.05, 4.69) is 15.3 Å². The summed E-state index contributed by atoms with van der Waals surface area (Å²) in [6, 6.07) is 3.68. The number of nitrogens with one attached hydrogen (secondary N) is 1. The largest absolute Gasteiger partial charge is 0.434 e. The smallest absolute Gasteiger partial charge is 0.353 e. The Morgan fingerprint density at radius 1 is 1.36 bits per heavy atom. The van der Waals surface area contributed by atoms with E-state index in [1.807, 2.05) is 17.0 Å². The van der Waals surface area contributed by atoms with Gasteiger partial charge in [0.1, 0.15) is 0 Å². The molecule has 2 aliphatic rings. The Hall–Kier alpha value is -2.42. The fraction of sp³-hybridized carbons (Fsp3) is 0.421. The summed E-state index contributed by atoms with van der Waals surface area (Å²) in [5.41, 5.74) is 0.0528. The van der Waals surface area contributed by atoms with Crippen molar-refractivity contribution in [1.82, 2.24) is 15.3 Å². The van der Waals surface area contributed by atoms with Gasteiger partial charge in [-0.05, 0) is 41.9 Å². The lowest BCUT2D eigenvalue weighted by molar-refractivity contribution is -0.140. The van der Waals surface area contributed by atoms with Crippen molar-refractivity contribution in [3.8, 4) is 0 Å². The molecule has 0 bridgehead atoms. The Balaban J connectivity index is 1.18. The predicted molar refractivity (Wildman–Crippen MR) is 101 cm³/mol. The lowest BCUT2D eigenvalue weighted by Gasteiger charge is -2.18. The highest BCUT2D eigenvalue weighted by atomic mass is 32.1. The molecule has 4 rings (SSSR count). The summed E-state index contributed by atoms with van der Waals surface area (Å²) in [6.07, 6.45) is 3.07. The van der Waals surface area contributed by atoms with Crippen molar-refractivity contribution in [2.75, 3.05) is 24.5 Å². The number of hydrogen-bond acceptors (Lipinski definition) is 5. The van der Waals surface area contributed by atoms with Crippen LogP contribution in [-0.2, 0) is 11.0 Å². The minimum absolute atomic E-state index is 0.140. The van der Waals surface area contributed by atoms with Crippen LogP contribution in [0.1, 0.15) is 17.7 Å². The van der Waals surface area contributed by atoms with E-state index in [9.17, 15) is 18.0 Å². The average molecular weight is 408 g/mol. The number of thiazole rings is 1. The van der Waals surface area contributed by atoms with Crippen LogP contribution < -0.4 is 10.2 Å². The maximum atomic E-state index is 12.7. The van der Waals surface area contributed by atoms with Crippen molar-refractivity contribution >= 4 is 28.5 Å². The second kappa shape index (κ2) is 7.54. The van der Waals surface area contributed by atoms with Gasteiger partial charge >= 0.3 is 6.18 Å². The normalized spacial score (nSPS) is 23.8. The van der Waals surface area contributed by atoms with Crippen LogP contribution in [-0.4, -0.2) is 35.5 Å². The number of halogens is 3. The Bertz CT molecular complexity index is 856. The van der Waals surface area contributed by atoms with Crippen LogP contribution in [0.15, 0.2) is 36.0 Å². The molecule has 2 fully saturated rings. The quantitative estimate of drug-likeness (QED) is 0.744. The number of aromatic nitrogens is 2. The Labute approximate surface area is 164 Å². The highest BCUT2D eigenvalue weighted by molar-refractivity contribution is 7.13. The van der Waals surface area contributed by atoms with E-state index < -0.39 is 11.9 Å². The van der Waals surface area contributed by atoms with Crippen LogP contribution in [0, 0.1) is 17.8 Å². The molecule has 1 aliphatic heterocycles. The molecule has 9 heteroatoms. The summed E-state index contributed by atoms with van der Waals surface area (Å²) in [6.45, 7) is 2.09. The van der Waals surface area contributed by atoms with Crippen molar-refractivity contribution in [2.45, 2.75) is 12.6 Å². The zero-order valence-electron chi connectivity index (χ0n) is 14.9. The van der Waals surface area contributed by atoms with Crippen LogP contribution >= 0.6 is 11.3 Å². The number of nitrogens with zero attached hydrogens (tertiary/aromatic N) is 3. The van der Waals surface area contributed by atoms with Gasteiger partial charge in [-0.15, -0.1) is 11.3 Å². The zero-order chi connectivity index (χ0) is 19.7. The first-order valence-corrected chi connectivity index (χ1v) is 9.93. The number of fused-ring (bicyclic) bond motifs is 1.